The van der Waals surface area contributed by atoms with Gasteiger partial charge in [-0.1, -0.05) is 25.1 Å². The molecular formula is C16H25FN2. The zero-order valence-electron chi connectivity index (χ0n) is 12.0. The molecule has 0 bridgehead atoms. The van der Waals surface area contributed by atoms with Crippen molar-refractivity contribution < 1.29 is 4.39 Å². The number of halogens is 1. The second kappa shape index (κ2) is 7.01. The fourth-order valence-electron chi connectivity index (χ4n) is 2.98. The first kappa shape index (κ1) is 14.5. The predicted molar refractivity (Wildman–Crippen MR) is 77.7 cm³/mol. The summed E-state index contributed by atoms with van der Waals surface area (Å²) < 4.78 is 13.9. The van der Waals surface area contributed by atoms with E-state index in [9.17, 15) is 4.39 Å². The average molecular weight is 264 g/mol. The van der Waals surface area contributed by atoms with Crippen molar-refractivity contribution in [3.63, 3.8) is 0 Å². The van der Waals surface area contributed by atoms with Gasteiger partial charge in [-0.2, -0.15) is 0 Å². The zero-order chi connectivity index (χ0) is 13.7. The molecule has 2 atom stereocenters. The van der Waals surface area contributed by atoms with Crippen LogP contribution in [-0.2, 0) is 0 Å². The van der Waals surface area contributed by atoms with Crippen LogP contribution in [0.15, 0.2) is 24.3 Å². The van der Waals surface area contributed by atoms with Crippen LogP contribution < -0.4 is 5.32 Å². The van der Waals surface area contributed by atoms with Gasteiger partial charge in [0.2, 0.25) is 0 Å². The molecule has 1 N–H and O–H groups in total. The Balaban J connectivity index is 2.02. The van der Waals surface area contributed by atoms with Crippen LogP contribution in [0.2, 0.25) is 0 Å². The molecule has 0 radical (unpaired) electrons. The standard InChI is InChI=1S/C16H25FN2/c1-3-19(12-14-7-6-10-18-11-14)13(2)15-8-4-5-9-16(15)17/h4-5,8-9,13-14,18H,3,6-7,10-12H2,1-2H3. The van der Waals surface area contributed by atoms with Crippen molar-refractivity contribution in [2.24, 2.45) is 5.92 Å². The minimum Gasteiger partial charge on any atom is -0.316 e. The maximum Gasteiger partial charge on any atom is 0.127 e. The largest absolute Gasteiger partial charge is 0.316 e. The Bertz CT molecular complexity index is 388. The van der Waals surface area contributed by atoms with E-state index >= 15 is 0 Å². The van der Waals surface area contributed by atoms with Crippen molar-refractivity contribution in [1.29, 1.82) is 0 Å². The Morgan fingerprint density at radius 3 is 2.84 bits per heavy atom. The molecule has 1 aromatic rings. The van der Waals surface area contributed by atoms with Crippen LogP contribution in [0.25, 0.3) is 0 Å². The normalized spacial score (nSPS) is 21.6. The Labute approximate surface area is 116 Å². The Morgan fingerprint density at radius 2 is 2.21 bits per heavy atom. The summed E-state index contributed by atoms with van der Waals surface area (Å²) in [7, 11) is 0. The minimum absolute atomic E-state index is 0.0878. The van der Waals surface area contributed by atoms with Gasteiger partial charge in [0, 0.05) is 18.2 Å². The number of nitrogens with zero attached hydrogens (tertiary/aromatic N) is 1. The molecular weight excluding hydrogens is 239 g/mol. The van der Waals surface area contributed by atoms with Gasteiger partial charge in [-0.05, 0) is 51.4 Å². The summed E-state index contributed by atoms with van der Waals surface area (Å²) in [6, 6.07) is 7.29. The highest BCUT2D eigenvalue weighted by molar-refractivity contribution is 5.20. The number of rotatable bonds is 5. The van der Waals surface area contributed by atoms with E-state index < -0.39 is 0 Å². The summed E-state index contributed by atoms with van der Waals surface area (Å²) in [5, 5.41) is 3.45. The van der Waals surface area contributed by atoms with E-state index in [0.717, 1.165) is 31.7 Å². The molecule has 1 aliphatic rings. The van der Waals surface area contributed by atoms with Gasteiger partial charge in [0.05, 0.1) is 0 Å². The third-order valence-electron chi connectivity index (χ3n) is 4.20. The van der Waals surface area contributed by atoms with E-state index in [1.54, 1.807) is 12.1 Å². The van der Waals surface area contributed by atoms with Crippen LogP contribution in [0.3, 0.4) is 0 Å². The van der Waals surface area contributed by atoms with Gasteiger partial charge in [0.15, 0.2) is 0 Å². The maximum absolute atomic E-state index is 13.9. The van der Waals surface area contributed by atoms with Crippen molar-refractivity contribution in [3.8, 4) is 0 Å². The number of hydrogen-bond donors (Lipinski definition) is 1. The zero-order valence-corrected chi connectivity index (χ0v) is 12.0. The lowest BCUT2D eigenvalue weighted by Crippen LogP contribution is -2.39. The van der Waals surface area contributed by atoms with Gasteiger partial charge in [0.1, 0.15) is 5.82 Å². The molecule has 1 saturated heterocycles. The van der Waals surface area contributed by atoms with Gasteiger partial charge >= 0.3 is 0 Å². The highest BCUT2D eigenvalue weighted by Crippen LogP contribution is 2.24. The molecule has 2 unspecified atom stereocenters. The summed E-state index contributed by atoms with van der Waals surface area (Å²) in [4.78, 5) is 2.38. The van der Waals surface area contributed by atoms with Crippen molar-refractivity contribution in [3.05, 3.63) is 35.6 Å². The van der Waals surface area contributed by atoms with Crippen LogP contribution >= 0.6 is 0 Å². The van der Waals surface area contributed by atoms with Crippen molar-refractivity contribution in [2.75, 3.05) is 26.2 Å². The molecule has 1 aliphatic heterocycles. The first-order valence-electron chi connectivity index (χ1n) is 7.41. The van der Waals surface area contributed by atoms with Crippen molar-refractivity contribution in [1.82, 2.24) is 10.2 Å². The van der Waals surface area contributed by atoms with E-state index in [2.05, 4.69) is 24.1 Å². The molecule has 3 heteroatoms. The number of nitrogens with one attached hydrogen (secondary N) is 1. The Morgan fingerprint density at radius 1 is 1.42 bits per heavy atom. The molecule has 0 spiro atoms. The summed E-state index contributed by atoms with van der Waals surface area (Å²) in [6.07, 6.45) is 2.55. The molecule has 2 nitrogen and oxygen atoms in total. The van der Waals surface area contributed by atoms with Gasteiger partial charge in [0.25, 0.3) is 0 Å². The summed E-state index contributed by atoms with van der Waals surface area (Å²) in [5.41, 5.74) is 0.813. The second-order valence-electron chi connectivity index (χ2n) is 5.50. The number of hydrogen-bond acceptors (Lipinski definition) is 2. The minimum atomic E-state index is -0.0878. The van der Waals surface area contributed by atoms with Crippen LogP contribution in [0.4, 0.5) is 4.39 Å². The monoisotopic (exact) mass is 264 g/mol. The smallest absolute Gasteiger partial charge is 0.127 e. The summed E-state index contributed by atoms with van der Waals surface area (Å²) >= 11 is 0. The molecule has 1 heterocycles. The lowest BCUT2D eigenvalue weighted by molar-refractivity contribution is 0.168. The number of benzene rings is 1. The highest BCUT2D eigenvalue weighted by Gasteiger charge is 2.22. The first-order chi connectivity index (χ1) is 9.22. The van der Waals surface area contributed by atoms with Crippen molar-refractivity contribution >= 4 is 0 Å². The fourth-order valence-corrected chi connectivity index (χ4v) is 2.98. The quantitative estimate of drug-likeness (QED) is 0.878. The molecule has 19 heavy (non-hydrogen) atoms. The SMILES string of the molecule is CCN(CC1CCCNC1)C(C)c1ccccc1F. The third kappa shape index (κ3) is 3.77. The molecule has 2 rings (SSSR count). The molecule has 0 saturated carbocycles. The van der Waals surface area contributed by atoms with E-state index in [1.807, 2.05) is 12.1 Å². The summed E-state index contributed by atoms with van der Waals surface area (Å²) in [6.45, 7) is 8.53. The van der Waals surface area contributed by atoms with E-state index in [0.29, 0.717) is 5.92 Å². The molecule has 1 aromatic carbocycles. The van der Waals surface area contributed by atoms with Crippen LogP contribution in [0.1, 0.15) is 38.3 Å². The second-order valence-corrected chi connectivity index (χ2v) is 5.50. The maximum atomic E-state index is 13.9. The highest BCUT2D eigenvalue weighted by atomic mass is 19.1. The van der Waals surface area contributed by atoms with Crippen molar-refractivity contribution in [2.45, 2.75) is 32.7 Å². The van der Waals surface area contributed by atoms with Crippen LogP contribution in [0.5, 0.6) is 0 Å². The van der Waals surface area contributed by atoms with Gasteiger partial charge in [-0.25, -0.2) is 4.39 Å². The third-order valence-corrected chi connectivity index (χ3v) is 4.20. The fraction of sp³-hybridized carbons (Fsp3) is 0.625. The van der Waals surface area contributed by atoms with E-state index in [-0.39, 0.29) is 11.9 Å². The Hall–Kier alpha value is -0.930. The predicted octanol–water partition coefficient (Wildman–Crippen LogP) is 3.21. The molecule has 0 aliphatic carbocycles. The molecule has 0 aromatic heterocycles. The topological polar surface area (TPSA) is 15.3 Å². The molecule has 0 amide bonds. The van der Waals surface area contributed by atoms with E-state index in [4.69, 9.17) is 0 Å². The lowest BCUT2D eigenvalue weighted by atomic mass is 9.97. The average Bonchev–Trinajstić information content (AvgIpc) is 2.46. The van der Waals surface area contributed by atoms with E-state index in [1.165, 1.54) is 12.8 Å². The summed E-state index contributed by atoms with van der Waals surface area (Å²) in [5.74, 6) is 0.609. The molecule has 1 fully saturated rings. The lowest BCUT2D eigenvalue weighted by Gasteiger charge is -2.33. The van der Waals surface area contributed by atoms with Gasteiger partial charge < -0.3 is 5.32 Å². The van der Waals surface area contributed by atoms with Crippen LogP contribution in [0, 0.1) is 11.7 Å². The molecule has 106 valence electrons. The first-order valence-corrected chi connectivity index (χ1v) is 7.41. The van der Waals surface area contributed by atoms with Gasteiger partial charge in [-0.15, -0.1) is 0 Å². The number of piperidine rings is 1. The van der Waals surface area contributed by atoms with Crippen LogP contribution in [-0.4, -0.2) is 31.1 Å². The van der Waals surface area contributed by atoms with Gasteiger partial charge in [-0.3, -0.25) is 4.90 Å². The Kier molecular flexibility index (Phi) is 5.34.